The number of anilines is 1. The van der Waals surface area contributed by atoms with Gasteiger partial charge >= 0.3 is 5.97 Å². The van der Waals surface area contributed by atoms with Gasteiger partial charge in [-0.1, -0.05) is 40.5 Å². The van der Waals surface area contributed by atoms with E-state index in [0.717, 1.165) is 36.3 Å². The molecule has 1 aromatic heterocycles. The Bertz CT molecular complexity index is 1150. The molecular weight excluding hydrogens is 470 g/mol. The van der Waals surface area contributed by atoms with Crippen molar-refractivity contribution in [2.45, 2.75) is 77.7 Å². The molecule has 0 saturated heterocycles. The number of carboxylic acids is 1. The first-order chi connectivity index (χ1) is 17.7. The van der Waals surface area contributed by atoms with Crippen LogP contribution in [-0.4, -0.2) is 39.7 Å². The molecule has 0 bridgehead atoms. The molecule has 3 rings (SSSR count). The van der Waals surface area contributed by atoms with Gasteiger partial charge in [0.15, 0.2) is 5.78 Å². The first-order valence-corrected chi connectivity index (χ1v) is 12.8. The first-order valence-electron chi connectivity index (χ1n) is 12.8. The number of ketones is 1. The lowest BCUT2D eigenvalue weighted by molar-refractivity contribution is -0.137. The average Bonchev–Trinajstić information content (AvgIpc) is 3.37. The Morgan fingerprint density at radius 2 is 1.70 bits per heavy atom. The van der Waals surface area contributed by atoms with Gasteiger partial charge in [0.2, 0.25) is 11.8 Å². The highest BCUT2D eigenvalue weighted by Crippen LogP contribution is 2.26. The van der Waals surface area contributed by atoms with Crippen LogP contribution in [0.4, 0.5) is 5.69 Å². The van der Waals surface area contributed by atoms with Crippen molar-refractivity contribution in [2.24, 2.45) is 0 Å². The second-order valence-corrected chi connectivity index (χ2v) is 10.2. The number of aromatic nitrogens is 2. The summed E-state index contributed by atoms with van der Waals surface area (Å²) in [6, 6.07) is 15.1. The Balaban J connectivity index is 1.56. The van der Waals surface area contributed by atoms with Crippen LogP contribution in [0.1, 0.15) is 82.5 Å². The van der Waals surface area contributed by atoms with Crippen LogP contribution in [0, 0.1) is 0 Å². The number of unbranched alkanes of at least 4 members (excludes halogenated alkanes) is 1. The topological polar surface area (TPSA) is 115 Å². The van der Waals surface area contributed by atoms with E-state index in [1.807, 2.05) is 57.2 Å². The molecule has 0 amide bonds. The third-order valence-electron chi connectivity index (χ3n) is 5.90. The van der Waals surface area contributed by atoms with Crippen molar-refractivity contribution in [1.29, 1.82) is 0 Å². The van der Waals surface area contributed by atoms with Gasteiger partial charge in [-0.25, -0.2) is 0 Å². The number of nitrogens with one attached hydrogen (secondary N) is 1. The van der Waals surface area contributed by atoms with Crippen LogP contribution in [0.5, 0.6) is 5.75 Å². The van der Waals surface area contributed by atoms with Crippen molar-refractivity contribution in [1.82, 2.24) is 10.2 Å². The molecule has 0 aliphatic heterocycles. The molecule has 2 aromatic carbocycles. The first kappa shape index (κ1) is 27.9. The number of hydrogen-bond donors (Lipinski definition) is 2. The van der Waals surface area contributed by atoms with Gasteiger partial charge in [-0.05, 0) is 61.4 Å². The fourth-order valence-electron chi connectivity index (χ4n) is 3.71. The highest BCUT2D eigenvalue weighted by atomic mass is 16.5. The fraction of sp³-hybridized carbons (Fsp3) is 0.448. The minimum Gasteiger partial charge on any atom is -0.491 e. The third-order valence-corrected chi connectivity index (χ3v) is 5.90. The summed E-state index contributed by atoms with van der Waals surface area (Å²) in [4.78, 5) is 22.9. The molecule has 37 heavy (non-hydrogen) atoms. The quantitative estimate of drug-likeness (QED) is 0.237. The molecule has 3 aromatic rings. The van der Waals surface area contributed by atoms with Crippen LogP contribution < -0.4 is 10.1 Å². The van der Waals surface area contributed by atoms with E-state index in [2.05, 4.69) is 22.4 Å². The van der Waals surface area contributed by atoms with E-state index in [4.69, 9.17) is 14.3 Å². The number of rotatable bonds is 14. The largest absolute Gasteiger partial charge is 0.491 e. The Labute approximate surface area is 218 Å². The van der Waals surface area contributed by atoms with E-state index >= 15 is 0 Å². The molecule has 0 saturated carbocycles. The number of carbonyl (C=O) groups excluding carboxylic acids is 1. The lowest BCUT2D eigenvalue weighted by atomic mass is 9.97. The highest BCUT2D eigenvalue weighted by molar-refractivity contribution is 5.96. The SMILES string of the molecule is CCCC[C@@H](COc1ccc(-c2nnc(C(C)(C)C)o2)cc1)Nc1ccc(C(=O)CCCC(=O)O)cc1. The second-order valence-electron chi connectivity index (χ2n) is 10.2. The van der Waals surface area contributed by atoms with Gasteiger partial charge in [0.1, 0.15) is 12.4 Å². The van der Waals surface area contributed by atoms with Crippen LogP contribution in [0.2, 0.25) is 0 Å². The Kier molecular flexibility index (Phi) is 9.83. The molecule has 2 N–H and O–H groups in total. The van der Waals surface area contributed by atoms with Crippen molar-refractivity contribution in [2.75, 3.05) is 11.9 Å². The number of Topliss-reactive ketones (excluding diaryl/α,β-unsaturated/α-hetero) is 1. The number of carboxylic acid groups (broad SMARTS) is 1. The number of carbonyl (C=O) groups is 2. The van der Waals surface area contributed by atoms with Crippen LogP contribution in [-0.2, 0) is 10.2 Å². The summed E-state index contributed by atoms with van der Waals surface area (Å²) in [5, 5.41) is 20.6. The lowest BCUT2D eigenvalue weighted by Gasteiger charge is -2.20. The van der Waals surface area contributed by atoms with Crippen LogP contribution in [0.25, 0.3) is 11.5 Å². The summed E-state index contributed by atoms with van der Waals surface area (Å²) in [7, 11) is 0. The second kappa shape index (κ2) is 13.0. The standard InChI is InChI=1S/C29H37N3O5/c1-5-6-8-23(30-22-15-11-20(12-16-22)25(33)9-7-10-26(34)35)19-36-24-17-13-21(14-18-24)27-31-32-28(37-27)29(2,3)4/h11-18,23,30H,5-10,19H2,1-4H3,(H,34,35)/t23-/m0/s1. The predicted octanol–water partition coefficient (Wildman–Crippen LogP) is 6.52. The van der Waals surface area contributed by atoms with Crippen LogP contribution in [0.3, 0.4) is 0 Å². The molecule has 0 radical (unpaired) electrons. The van der Waals surface area contributed by atoms with Crippen molar-refractivity contribution in [3.63, 3.8) is 0 Å². The van der Waals surface area contributed by atoms with E-state index in [1.54, 1.807) is 12.1 Å². The predicted molar refractivity (Wildman–Crippen MR) is 143 cm³/mol. The van der Waals surface area contributed by atoms with E-state index in [1.165, 1.54) is 0 Å². The molecule has 0 unspecified atom stereocenters. The molecule has 0 spiro atoms. The molecule has 0 aliphatic rings. The Hall–Kier alpha value is -3.68. The van der Waals surface area contributed by atoms with E-state index in [9.17, 15) is 9.59 Å². The van der Waals surface area contributed by atoms with Gasteiger partial charge in [0.25, 0.3) is 0 Å². The van der Waals surface area contributed by atoms with Gasteiger partial charge < -0.3 is 19.6 Å². The third kappa shape index (κ3) is 8.74. The smallest absolute Gasteiger partial charge is 0.303 e. The van der Waals surface area contributed by atoms with E-state index < -0.39 is 5.97 Å². The van der Waals surface area contributed by atoms with Gasteiger partial charge in [0.05, 0.1) is 6.04 Å². The maximum Gasteiger partial charge on any atom is 0.303 e. The number of aliphatic carboxylic acids is 1. The van der Waals surface area contributed by atoms with Crippen LogP contribution in [0.15, 0.2) is 52.9 Å². The minimum atomic E-state index is -0.884. The van der Waals surface area contributed by atoms with Gasteiger partial charge in [-0.2, -0.15) is 0 Å². The molecule has 8 heteroatoms. The molecule has 8 nitrogen and oxygen atoms in total. The summed E-state index contributed by atoms with van der Waals surface area (Å²) >= 11 is 0. The van der Waals surface area contributed by atoms with Crippen molar-refractivity contribution >= 4 is 17.4 Å². The minimum absolute atomic E-state index is 0.00227. The number of hydrogen-bond acceptors (Lipinski definition) is 7. The summed E-state index contributed by atoms with van der Waals surface area (Å²) in [5.74, 6) is 0.915. The molecule has 1 atom stereocenters. The zero-order valence-electron chi connectivity index (χ0n) is 22.1. The highest BCUT2D eigenvalue weighted by Gasteiger charge is 2.22. The van der Waals surface area contributed by atoms with E-state index in [0.29, 0.717) is 30.4 Å². The normalized spacial score (nSPS) is 12.2. The van der Waals surface area contributed by atoms with Gasteiger partial charge in [0, 0.05) is 35.1 Å². The molecule has 0 aliphatic carbocycles. The summed E-state index contributed by atoms with van der Waals surface area (Å²) < 4.78 is 11.9. The molecule has 0 fully saturated rings. The fourth-order valence-corrected chi connectivity index (χ4v) is 3.71. The number of ether oxygens (including phenoxy) is 1. The maximum absolute atomic E-state index is 12.3. The molecule has 1 heterocycles. The van der Waals surface area contributed by atoms with Crippen LogP contribution >= 0.6 is 0 Å². The number of nitrogens with zero attached hydrogens (tertiary/aromatic N) is 2. The average molecular weight is 508 g/mol. The Morgan fingerprint density at radius 1 is 1.00 bits per heavy atom. The van der Waals surface area contributed by atoms with Crippen molar-refractivity contribution < 1.29 is 23.8 Å². The molecule has 198 valence electrons. The van der Waals surface area contributed by atoms with E-state index in [-0.39, 0.29) is 30.1 Å². The summed E-state index contributed by atoms with van der Waals surface area (Å²) in [6.07, 6.45) is 3.67. The van der Waals surface area contributed by atoms with Gasteiger partial charge in [-0.15, -0.1) is 10.2 Å². The maximum atomic E-state index is 12.3. The monoisotopic (exact) mass is 507 g/mol. The molecular formula is C29H37N3O5. The van der Waals surface area contributed by atoms with Crippen molar-refractivity contribution in [3.05, 3.63) is 60.0 Å². The lowest BCUT2D eigenvalue weighted by Crippen LogP contribution is -2.27. The zero-order chi connectivity index (χ0) is 26.8. The van der Waals surface area contributed by atoms with Gasteiger partial charge in [-0.3, -0.25) is 9.59 Å². The summed E-state index contributed by atoms with van der Waals surface area (Å²) in [5.41, 5.74) is 2.14. The number of benzene rings is 2. The zero-order valence-corrected chi connectivity index (χ0v) is 22.1. The summed E-state index contributed by atoms with van der Waals surface area (Å²) in [6.45, 7) is 8.74. The Morgan fingerprint density at radius 3 is 2.30 bits per heavy atom. The van der Waals surface area contributed by atoms with Crippen molar-refractivity contribution in [3.8, 4) is 17.2 Å².